The topological polar surface area (TPSA) is 129 Å². The van der Waals surface area contributed by atoms with Gasteiger partial charge in [-0.25, -0.2) is 17.8 Å². The Morgan fingerprint density at radius 2 is 1.92 bits per heavy atom. The molecule has 1 amide bonds. The third-order valence-corrected chi connectivity index (χ3v) is 4.27. The van der Waals surface area contributed by atoms with E-state index in [1.165, 1.54) is 6.20 Å². The fourth-order valence-electron chi connectivity index (χ4n) is 1.78. The van der Waals surface area contributed by atoms with E-state index >= 15 is 0 Å². The molecule has 0 spiro atoms. The molecule has 0 unspecified atom stereocenters. The molecule has 0 aliphatic heterocycles. The summed E-state index contributed by atoms with van der Waals surface area (Å²) in [5.74, 6) is -1.04. The van der Waals surface area contributed by atoms with E-state index in [1.807, 2.05) is 4.72 Å². The molecular weight excluding hydrogens is 379 g/mol. The fourth-order valence-corrected chi connectivity index (χ4v) is 2.75. The zero-order chi connectivity index (χ0) is 19.4. The van der Waals surface area contributed by atoms with E-state index in [0.717, 1.165) is 28.9 Å². The summed E-state index contributed by atoms with van der Waals surface area (Å²) < 4.78 is 67.8. The summed E-state index contributed by atoms with van der Waals surface area (Å²) in [7, 11) is -4.20. The first-order valence-electron chi connectivity index (χ1n) is 7.03. The van der Waals surface area contributed by atoms with Gasteiger partial charge in [0.1, 0.15) is 12.3 Å². The van der Waals surface area contributed by atoms with Gasteiger partial charge in [-0.15, -0.1) is 5.10 Å². The molecule has 142 valence electrons. The number of alkyl halides is 3. The van der Waals surface area contributed by atoms with Crippen molar-refractivity contribution in [2.75, 3.05) is 6.61 Å². The molecule has 0 fully saturated rings. The zero-order valence-corrected chi connectivity index (χ0v) is 13.9. The molecule has 0 radical (unpaired) electrons. The smallest absolute Gasteiger partial charge is 0.422 e. The van der Waals surface area contributed by atoms with E-state index in [2.05, 4.69) is 15.0 Å². The Kier molecular flexibility index (Phi) is 5.82. The number of carbonyl (C=O) groups is 1. The lowest BCUT2D eigenvalue weighted by molar-refractivity contribution is -0.153. The van der Waals surface area contributed by atoms with Gasteiger partial charge in [0.15, 0.2) is 6.61 Å². The molecule has 1 aromatic carbocycles. The molecule has 0 atom stereocenters. The molecule has 2 rings (SSSR count). The highest BCUT2D eigenvalue weighted by Crippen LogP contribution is 2.20. The Morgan fingerprint density at radius 1 is 1.27 bits per heavy atom. The van der Waals surface area contributed by atoms with Crippen molar-refractivity contribution in [1.82, 2.24) is 19.7 Å². The average molecular weight is 393 g/mol. The molecule has 0 aliphatic carbocycles. The number of carbonyl (C=O) groups excluding carboxylic acids is 1. The first-order chi connectivity index (χ1) is 12.1. The van der Waals surface area contributed by atoms with Crippen LogP contribution in [0.2, 0.25) is 0 Å². The molecule has 0 saturated heterocycles. The van der Waals surface area contributed by atoms with Crippen molar-refractivity contribution in [3.8, 4) is 5.75 Å². The zero-order valence-electron chi connectivity index (χ0n) is 13.1. The van der Waals surface area contributed by atoms with Crippen LogP contribution in [-0.2, 0) is 27.9 Å². The molecule has 26 heavy (non-hydrogen) atoms. The summed E-state index contributed by atoms with van der Waals surface area (Å²) in [5.41, 5.74) is 5.77. The van der Waals surface area contributed by atoms with Crippen LogP contribution in [0.5, 0.6) is 5.75 Å². The lowest BCUT2D eigenvalue weighted by Gasteiger charge is -2.10. The van der Waals surface area contributed by atoms with Crippen molar-refractivity contribution in [3.05, 3.63) is 36.2 Å². The first kappa shape index (κ1) is 19.7. The van der Waals surface area contributed by atoms with Crippen LogP contribution in [0.25, 0.3) is 0 Å². The second-order valence-electron chi connectivity index (χ2n) is 5.02. The van der Waals surface area contributed by atoms with E-state index in [0.29, 0.717) is 5.69 Å². The molecule has 3 N–H and O–H groups in total. The maximum Gasteiger partial charge on any atom is 0.422 e. The molecule has 1 aromatic heterocycles. The van der Waals surface area contributed by atoms with Crippen LogP contribution in [0, 0.1) is 0 Å². The molecule has 0 aliphatic rings. The number of benzene rings is 1. The van der Waals surface area contributed by atoms with E-state index in [1.54, 1.807) is 0 Å². The number of hydrogen-bond acceptors (Lipinski definition) is 7. The normalized spacial score (nSPS) is 12.0. The number of ether oxygens (including phenoxy) is 1. The number of nitrogens with zero attached hydrogens (tertiary/aromatic N) is 3. The number of halogens is 3. The van der Waals surface area contributed by atoms with Crippen LogP contribution in [0.1, 0.15) is 5.69 Å². The average Bonchev–Trinajstić information content (AvgIpc) is 2.99. The van der Waals surface area contributed by atoms with Gasteiger partial charge in [0.2, 0.25) is 0 Å². The van der Waals surface area contributed by atoms with E-state index in [4.69, 9.17) is 5.73 Å². The van der Waals surface area contributed by atoms with Gasteiger partial charge in [-0.3, -0.25) is 4.79 Å². The summed E-state index contributed by atoms with van der Waals surface area (Å²) in [4.78, 5) is 11.5. The van der Waals surface area contributed by atoms with Crippen molar-refractivity contribution in [3.63, 3.8) is 0 Å². The monoisotopic (exact) mass is 393 g/mol. The van der Waals surface area contributed by atoms with Crippen molar-refractivity contribution in [2.24, 2.45) is 5.73 Å². The first-order valence-corrected chi connectivity index (χ1v) is 8.52. The molecule has 0 saturated carbocycles. The third-order valence-electron chi connectivity index (χ3n) is 2.89. The van der Waals surface area contributed by atoms with Crippen LogP contribution >= 0.6 is 0 Å². The Morgan fingerprint density at radius 3 is 2.46 bits per heavy atom. The number of nitrogens with one attached hydrogen (secondary N) is 1. The molecule has 2 aromatic rings. The van der Waals surface area contributed by atoms with Crippen molar-refractivity contribution in [2.45, 2.75) is 24.2 Å². The van der Waals surface area contributed by atoms with Crippen LogP contribution in [0.15, 0.2) is 35.4 Å². The van der Waals surface area contributed by atoms with Gasteiger partial charge in [-0.2, -0.15) is 13.2 Å². The van der Waals surface area contributed by atoms with Gasteiger partial charge in [-0.1, -0.05) is 5.21 Å². The molecule has 13 heteroatoms. The maximum absolute atomic E-state index is 12.1. The Balaban J connectivity index is 1.99. The van der Waals surface area contributed by atoms with Gasteiger partial charge < -0.3 is 10.5 Å². The standard InChI is InChI=1S/C13H14F3N5O4S/c14-13(15,16)8-25-10-1-3-11(4-2-10)26(23,24)19-12(22)7-21-6-9(5-17)18-20-21/h1-4,6H,5,7-8,17H2,(H,19,22). The van der Waals surface area contributed by atoms with Crippen molar-refractivity contribution in [1.29, 1.82) is 0 Å². The van der Waals surface area contributed by atoms with E-state index in [9.17, 15) is 26.4 Å². The van der Waals surface area contributed by atoms with Gasteiger partial charge in [0.25, 0.3) is 15.9 Å². The summed E-state index contributed by atoms with van der Waals surface area (Å²) in [6.07, 6.45) is -3.12. The van der Waals surface area contributed by atoms with Crippen LogP contribution < -0.4 is 15.2 Å². The quantitative estimate of drug-likeness (QED) is 0.687. The number of aromatic nitrogens is 3. The Hall–Kier alpha value is -2.67. The largest absolute Gasteiger partial charge is 0.484 e. The van der Waals surface area contributed by atoms with E-state index < -0.39 is 35.3 Å². The van der Waals surface area contributed by atoms with Crippen LogP contribution in [-0.4, -0.2) is 42.1 Å². The summed E-state index contributed by atoms with van der Waals surface area (Å²) in [6.45, 7) is -1.79. The fraction of sp³-hybridized carbons (Fsp3) is 0.308. The number of sulfonamides is 1. The highest BCUT2D eigenvalue weighted by Gasteiger charge is 2.28. The predicted molar refractivity (Wildman–Crippen MR) is 81.2 cm³/mol. The number of rotatable bonds is 7. The van der Waals surface area contributed by atoms with Gasteiger partial charge in [-0.05, 0) is 24.3 Å². The highest BCUT2D eigenvalue weighted by atomic mass is 32.2. The Labute approximate surface area is 146 Å². The predicted octanol–water partition coefficient (Wildman–Crippen LogP) is 0.183. The summed E-state index contributed by atoms with van der Waals surface area (Å²) in [6, 6.07) is 4.14. The second-order valence-corrected chi connectivity index (χ2v) is 6.70. The third kappa shape index (κ3) is 5.70. The van der Waals surface area contributed by atoms with Crippen molar-refractivity contribution < 1.29 is 31.1 Å². The van der Waals surface area contributed by atoms with Crippen LogP contribution in [0.4, 0.5) is 13.2 Å². The minimum atomic E-state index is -4.51. The number of amides is 1. The van der Waals surface area contributed by atoms with Gasteiger partial charge >= 0.3 is 6.18 Å². The maximum atomic E-state index is 12.1. The summed E-state index contributed by atoms with van der Waals surface area (Å²) in [5, 5.41) is 7.26. The summed E-state index contributed by atoms with van der Waals surface area (Å²) >= 11 is 0. The number of nitrogens with two attached hydrogens (primary N) is 1. The van der Waals surface area contributed by atoms with Crippen LogP contribution in [0.3, 0.4) is 0 Å². The lowest BCUT2D eigenvalue weighted by atomic mass is 10.3. The minimum absolute atomic E-state index is 0.114. The molecular formula is C13H14F3N5O4S. The highest BCUT2D eigenvalue weighted by molar-refractivity contribution is 7.90. The molecule has 9 nitrogen and oxygen atoms in total. The Bertz CT molecular complexity index is 865. The second kappa shape index (κ2) is 7.70. The molecule has 0 bridgehead atoms. The van der Waals surface area contributed by atoms with E-state index in [-0.39, 0.29) is 17.2 Å². The van der Waals surface area contributed by atoms with Crippen molar-refractivity contribution >= 4 is 15.9 Å². The lowest BCUT2D eigenvalue weighted by Crippen LogP contribution is -2.33. The van der Waals surface area contributed by atoms with Gasteiger partial charge in [0, 0.05) is 6.54 Å². The number of hydrogen-bond donors (Lipinski definition) is 2. The minimum Gasteiger partial charge on any atom is -0.484 e. The van der Waals surface area contributed by atoms with Gasteiger partial charge in [0.05, 0.1) is 16.8 Å². The molecule has 1 heterocycles. The SMILES string of the molecule is NCc1cn(CC(=O)NS(=O)(=O)c2ccc(OCC(F)(F)F)cc2)nn1.